The molecule has 2 aromatic heterocycles. The average molecular weight is 402 g/mol. The number of furan rings is 1. The monoisotopic (exact) mass is 401 g/mol. The Morgan fingerprint density at radius 2 is 1.92 bits per heavy atom. The molecule has 0 fully saturated rings. The van der Waals surface area contributed by atoms with Crippen molar-refractivity contribution in [2.75, 3.05) is 0 Å². The summed E-state index contributed by atoms with van der Waals surface area (Å²) in [6.07, 6.45) is 10.0. The molecule has 6 rings (SSSR count). The van der Waals surface area contributed by atoms with Crippen molar-refractivity contribution in [3.05, 3.63) is 76.4 Å². The minimum Gasteiger partial charge on any atom is -0.456 e. The number of benzene rings is 2. The zero-order valence-electron chi connectivity index (χ0n) is 14.1. The molecule has 2 heterocycles. The first-order valence-electron chi connectivity index (χ1n) is 9.02. The van der Waals surface area contributed by atoms with Gasteiger partial charge in [-0.1, -0.05) is 46.3 Å². The molecule has 0 unspecified atom stereocenters. The number of fused-ring (bicyclic) bond motifs is 7. The summed E-state index contributed by atoms with van der Waals surface area (Å²) in [6, 6.07) is 14.9. The third kappa shape index (κ3) is 1.87. The molecule has 2 nitrogen and oxygen atoms in total. The molecule has 2 aliphatic carbocycles. The number of aromatic nitrogens is 1. The van der Waals surface area contributed by atoms with Crippen molar-refractivity contribution in [3.63, 3.8) is 0 Å². The van der Waals surface area contributed by atoms with Gasteiger partial charge in [0.15, 0.2) is 0 Å². The minimum atomic E-state index is 0.916. The lowest BCUT2D eigenvalue weighted by molar-refractivity contribution is 0.632. The summed E-state index contributed by atoms with van der Waals surface area (Å²) in [6.45, 7) is 0. The van der Waals surface area contributed by atoms with Gasteiger partial charge < -0.3 is 8.98 Å². The fourth-order valence-electron chi connectivity index (χ4n) is 4.44. The first-order valence-corrected chi connectivity index (χ1v) is 9.81. The topological polar surface area (TPSA) is 18.1 Å². The maximum atomic E-state index is 6.32. The highest BCUT2D eigenvalue weighted by atomic mass is 79.9. The van der Waals surface area contributed by atoms with Crippen LogP contribution < -0.4 is 0 Å². The summed E-state index contributed by atoms with van der Waals surface area (Å²) in [5.41, 5.74) is 7.43. The number of allylic oxidation sites excluding steroid dienone is 4. The van der Waals surface area contributed by atoms with Crippen molar-refractivity contribution in [2.45, 2.75) is 19.3 Å². The quantitative estimate of drug-likeness (QED) is 0.298. The van der Waals surface area contributed by atoms with Crippen LogP contribution >= 0.6 is 15.9 Å². The van der Waals surface area contributed by atoms with Crippen molar-refractivity contribution in [1.82, 2.24) is 4.57 Å². The number of nitrogens with zero attached hydrogens (tertiary/aromatic N) is 1. The van der Waals surface area contributed by atoms with Gasteiger partial charge >= 0.3 is 0 Å². The highest BCUT2D eigenvalue weighted by Gasteiger charge is 2.32. The fraction of sp³-hybridized carbons (Fsp3) is 0.130. The van der Waals surface area contributed by atoms with Crippen LogP contribution in [0, 0.1) is 0 Å². The molecule has 0 bridgehead atoms. The zero-order chi connectivity index (χ0) is 17.3. The standard InChI is InChI=1S/C23H16BrNO/c24-14-10-11-19-18(12-14)22-20(25(19)15-6-2-1-3-7-15)13-17-16-8-4-5-9-21(16)26-23(17)22/h2,4-12H,1,3,13H2. The van der Waals surface area contributed by atoms with Crippen LogP contribution in [0.2, 0.25) is 0 Å². The molecule has 4 aromatic rings. The molecule has 0 saturated carbocycles. The second kappa shape index (κ2) is 5.24. The van der Waals surface area contributed by atoms with Gasteiger partial charge in [0.05, 0.1) is 5.52 Å². The summed E-state index contributed by atoms with van der Waals surface area (Å²) in [4.78, 5) is 0. The van der Waals surface area contributed by atoms with Crippen LogP contribution in [0.4, 0.5) is 0 Å². The first kappa shape index (κ1) is 14.6. The number of halogens is 1. The Morgan fingerprint density at radius 1 is 1.00 bits per heavy atom. The molecular formula is C23H16BrNO. The Labute approximate surface area is 159 Å². The summed E-state index contributed by atoms with van der Waals surface area (Å²) in [5.74, 6) is 1.04. The van der Waals surface area contributed by atoms with E-state index in [1.54, 1.807) is 0 Å². The van der Waals surface area contributed by atoms with E-state index < -0.39 is 0 Å². The van der Waals surface area contributed by atoms with E-state index in [1.165, 1.54) is 38.8 Å². The van der Waals surface area contributed by atoms with Crippen molar-refractivity contribution in [3.8, 4) is 11.3 Å². The molecule has 0 N–H and O–H groups in total. The first-order chi connectivity index (χ1) is 12.8. The van der Waals surface area contributed by atoms with Crippen molar-refractivity contribution < 1.29 is 4.42 Å². The van der Waals surface area contributed by atoms with E-state index in [4.69, 9.17) is 4.42 Å². The van der Waals surface area contributed by atoms with E-state index in [0.717, 1.165) is 35.1 Å². The molecule has 0 aliphatic heterocycles. The van der Waals surface area contributed by atoms with Gasteiger partial charge in [-0.25, -0.2) is 0 Å². The highest BCUT2D eigenvalue weighted by molar-refractivity contribution is 9.10. The summed E-state index contributed by atoms with van der Waals surface area (Å²) in [7, 11) is 0. The van der Waals surface area contributed by atoms with Gasteiger partial charge in [-0.2, -0.15) is 0 Å². The van der Waals surface area contributed by atoms with Gasteiger partial charge in [0.2, 0.25) is 0 Å². The summed E-state index contributed by atoms with van der Waals surface area (Å²) < 4.78 is 9.85. The Kier molecular flexibility index (Phi) is 2.95. The Bertz CT molecular complexity index is 1270. The van der Waals surface area contributed by atoms with E-state index in [0.29, 0.717) is 0 Å². The minimum absolute atomic E-state index is 0.916. The van der Waals surface area contributed by atoms with E-state index in [9.17, 15) is 0 Å². The Morgan fingerprint density at radius 3 is 2.81 bits per heavy atom. The van der Waals surface area contributed by atoms with Crippen molar-refractivity contribution in [2.24, 2.45) is 0 Å². The van der Waals surface area contributed by atoms with Gasteiger partial charge in [0.25, 0.3) is 0 Å². The van der Waals surface area contributed by atoms with Gasteiger partial charge in [-0.3, -0.25) is 0 Å². The second-order valence-corrected chi connectivity index (χ2v) is 7.93. The van der Waals surface area contributed by atoms with Gasteiger partial charge in [0, 0.05) is 44.2 Å². The third-order valence-corrected chi connectivity index (χ3v) is 6.02. The molecule has 26 heavy (non-hydrogen) atoms. The maximum Gasteiger partial charge on any atom is 0.141 e. The predicted octanol–water partition coefficient (Wildman–Crippen LogP) is 6.91. The number of para-hydroxylation sites is 1. The highest BCUT2D eigenvalue weighted by Crippen LogP contribution is 2.49. The fourth-order valence-corrected chi connectivity index (χ4v) is 4.80. The van der Waals surface area contributed by atoms with Gasteiger partial charge in [-0.05, 0) is 43.2 Å². The lowest BCUT2D eigenvalue weighted by Gasteiger charge is -2.13. The van der Waals surface area contributed by atoms with Crippen LogP contribution in [0.25, 0.3) is 38.9 Å². The molecule has 0 saturated heterocycles. The zero-order valence-corrected chi connectivity index (χ0v) is 15.7. The van der Waals surface area contributed by atoms with Crippen LogP contribution in [0.15, 0.2) is 69.6 Å². The predicted molar refractivity (Wildman–Crippen MR) is 110 cm³/mol. The maximum absolute atomic E-state index is 6.32. The van der Waals surface area contributed by atoms with Crippen LogP contribution in [-0.2, 0) is 6.42 Å². The van der Waals surface area contributed by atoms with E-state index >= 15 is 0 Å². The van der Waals surface area contributed by atoms with E-state index in [2.05, 4.69) is 75.1 Å². The molecule has 0 spiro atoms. The lowest BCUT2D eigenvalue weighted by Crippen LogP contribution is -2.01. The van der Waals surface area contributed by atoms with Gasteiger partial charge in [0.1, 0.15) is 11.3 Å². The third-order valence-electron chi connectivity index (χ3n) is 5.53. The average Bonchev–Trinajstić information content (AvgIpc) is 3.29. The second-order valence-electron chi connectivity index (χ2n) is 7.01. The van der Waals surface area contributed by atoms with Crippen molar-refractivity contribution in [1.29, 1.82) is 0 Å². The van der Waals surface area contributed by atoms with E-state index in [1.807, 2.05) is 6.07 Å². The summed E-state index contributed by atoms with van der Waals surface area (Å²) >= 11 is 3.65. The normalized spacial score (nSPS) is 15.5. The van der Waals surface area contributed by atoms with Crippen LogP contribution in [0.3, 0.4) is 0 Å². The molecular weight excluding hydrogens is 386 g/mol. The van der Waals surface area contributed by atoms with E-state index in [-0.39, 0.29) is 0 Å². The molecule has 0 atom stereocenters. The number of hydrogen-bond donors (Lipinski definition) is 0. The van der Waals surface area contributed by atoms with Crippen LogP contribution in [0.5, 0.6) is 0 Å². The van der Waals surface area contributed by atoms with Crippen molar-refractivity contribution >= 4 is 43.5 Å². The number of hydrogen-bond acceptors (Lipinski definition) is 1. The molecule has 2 aromatic carbocycles. The molecule has 2 aliphatic rings. The van der Waals surface area contributed by atoms with Gasteiger partial charge in [-0.15, -0.1) is 0 Å². The molecule has 0 amide bonds. The van der Waals surface area contributed by atoms with Crippen LogP contribution in [-0.4, -0.2) is 4.57 Å². The summed E-state index contributed by atoms with van der Waals surface area (Å²) in [5, 5.41) is 2.49. The smallest absolute Gasteiger partial charge is 0.141 e. The largest absolute Gasteiger partial charge is 0.456 e. The molecule has 0 radical (unpaired) electrons. The lowest BCUT2D eigenvalue weighted by atomic mass is 10.1. The molecule has 3 heteroatoms. The Hall–Kier alpha value is -2.52. The van der Waals surface area contributed by atoms with Crippen LogP contribution in [0.1, 0.15) is 24.1 Å². The Balaban J connectivity index is 1.73. The number of rotatable bonds is 1. The SMILES string of the molecule is Brc1ccc2c(c1)c1c(n2C2=CCCC=C2)Cc2c-1oc1ccccc21. The molecule has 126 valence electrons.